The van der Waals surface area contributed by atoms with E-state index in [9.17, 15) is 19.0 Å². The first-order valence-corrected chi connectivity index (χ1v) is 14.8. The quantitative estimate of drug-likeness (QED) is 0.175. The van der Waals surface area contributed by atoms with E-state index >= 15 is 0 Å². The molecule has 0 radical (unpaired) electrons. The fraction of sp³-hybridized carbons (Fsp3) is 0.667. The molecule has 0 aromatic heterocycles. The lowest BCUT2D eigenvalue weighted by Crippen LogP contribution is -2.36. The van der Waals surface area contributed by atoms with Crippen molar-refractivity contribution in [1.29, 1.82) is 0 Å². The number of carbonyl (C=O) groups excluding carboxylic acids is 2. The van der Waals surface area contributed by atoms with Crippen molar-refractivity contribution in [1.82, 2.24) is 4.90 Å². The molecule has 1 aliphatic carbocycles. The smallest absolute Gasteiger partial charge is 0.413 e. The van der Waals surface area contributed by atoms with E-state index in [4.69, 9.17) is 32.7 Å². The van der Waals surface area contributed by atoms with Crippen LogP contribution >= 0.6 is 30.6 Å². The van der Waals surface area contributed by atoms with E-state index in [1.807, 2.05) is 13.8 Å². The summed E-state index contributed by atoms with van der Waals surface area (Å²) in [5.74, 6) is -0.137. The third-order valence-corrected chi connectivity index (χ3v) is 9.00. The van der Waals surface area contributed by atoms with Crippen LogP contribution in [0, 0.1) is 5.92 Å². The molecule has 1 saturated carbocycles. The van der Waals surface area contributed by atoms with Gasteiger partial charge in [0.05, 0.1) is 16.1 Å². The summed E-state index contributed by atoms with van der Waals surface area (Å²) in [5, 5.41) is 0.763. The highest BCUT2D eigenvalue weighted by atomic mass is 35.5. The molecule has 2 rings (SSSR count). The lowest BCUT2D eigenvalue weighted by atomic mass is 9.91. The number of hydrogen-bond donors (Lipinski definition) is 1. The summed E-state index contributed by atoms with van der Waals surface area (Å²) >= 11 is 12.2. The maximum absolute atomic E-state index is 12.8. The Bertz CT molecular complexity index is 862. The van der Waals surface area contributed by atoms with E-state index in [0.717, 1.165) is 31.2 Å². The number of rotatable bonds is 12. The zero-order valence-electron chi connectivity index (χ0n) is 20.0. The van der Waals surface area contributed by atoms with Crippen LogP contribution in [0.2, 0.25) is 10.0 Å². The largest absolute Gasteiger partial charge is 0.428 e. The molecule has 2 unspecified atom stereocenters. The van der Waals surface area contributed by atoms with Crippen LogP contribution in [0.3, 0.4) is 0 Å². The van der Waals surface area contributed by atoms with E-state index in [-0.39, 0.29) is 19.1 Å². The molecule has 34 heavy (non-hydrogen) atoms. The van der Waals surface area contributed by atoms with Gasteiger partial charge in [0.25, 0.3) is 0 Å². The predicted octanol–water partition coefficient (Wildman–Crippen LogP) is 7.03. The van der Waals surface area contributed by atoms with Crippen molar-refractivity contribution in [2.45, 2.75) is 71.3 Å². The third-order valence-electron chi connectivity index (χ3n) is 6.16. The Morgan fingerprint density at radius 2 is 1.88 bits per heavy atom. The third kappa shape index (κ3) is 9.77. The Hall–Kier alpha value is -1.27. The number of benzene rings is 1. The second kappa shape index (κ2) is 14.3. The van der Waals surface area contributed by atoms with Crippen molar-refractivity contribution in [2.75, 3.05) is 25.7 Å². The lowest BCUT2D eigenvalue weighted by Gasteiger charge is -2.29. The molecule has 0 heterocycles. The SMILES string of the molecule is CCCC(=O)OCOC(=O)N(CCCP(=O)(O)CC1CCCCC1)C(C)c1ccc(Cl)c(Cl)c1. The van der Waals surface area contributed by atoms with Gasteiger partial charge < -0.3 is 19.3 Å². The Kier molecular flexibility index (Phi) is 12.2. The summed E-state index contributed by atoms with van der Waals surface area (Å²) in [6, 6.07) is 4.65. The van der Waals surface area contributed by atoms with Gasteiger partial charge in [0.15, 0.2) is 0 Å². The van der Waals surface area contributed by atoms with Gasteiger partial charge in [0, 0.05) is 25.3 Å². The topological polar surface area (TPSA) is 93.1 Å². The summed E-state index contributed by atoms with van der Waals surface area (Å²) in [5.41, 5.74) is 0.740. The van der Waals surface area contributed by atoms with Gasteiger partial charge >= 0.3 is 12.1 Å². The summed E-state index contributed by atoms with van der Waals surface area (Å²) in [6.45, 7) is 3.38. The van der Waals surface area contributed by atoms with Gasteiger partial charge in [0.1, 0.15) is 0 Å². The van der Waals surface area contributed by atoms with Crippen molar-refractivity contribution < 1.29 is 28.5 Å². The Morgan fingerprint density at radius 3 is 2.53 bits per heavy atom. The number of nitrogens with zero attached hydrogens (tertiary/aromatic N) is 1. The molecule has 1 aliphatic rings. The number of hydrogen-bond acceptors (Lipinski definition) is 5. The Labute approximate surface area is 212 Å². The highest BCUT2D eigenvalue weighted by molar-refractivity contribution is 7.58. The number of halogens is 2. The Balaban J connectivity index is 2.01. The van der Waals surface area contributed by atoms with Crippen LogP contribution in [-0.2, 0) is 18.8 Å². The molecular formula is C24H36Cl2NO6P. The molecule has 1 aromatic carbocycles. The van der Waals surface area contributed by atoms with E-state index in [1.165, 1.54) is 11.3 Å². The number of carbonyl (C=O) groups is 2. The second-order valence-corrected chi connectivity index (χ2v) is 12.3. The fourth-order valence-electron chi connectivity index (χ4n) is 4.25. The average molecular weight is 536 g/mol. The molecule has 0 bridgehead atoms. The molecular weight excluding hydrogens is 500 g/mol. The van der Waals surface area contributed by atoms with Gasteiger partial charge in [0.2, 0.25) is 14.2 Å². The van der Waals surface area contributed by atoms with E-state index < -0.39 is 32.3 Å². The molecule has 0 aliphatic heterocycles. The van der Waals surface area contributed by atoms with Crippen LogP contribution in [0.4, 0.5) is 4.79 Å². The van der Waals surface area contributed by atoms with Gasteiger partial charge in [-0.05, 0) is 56.2 Å². The minimum Gasteiger partial charge on any atom is -0.428 e. The highest BCUT2D eigenvalue weighted by Gasteiger charge is 2.28. The van der Waals surface area contributed by atoms with Crippen LogP contribution < -0.4 is 0 Å². The molecule has 2 atom stereocenters. The van der Waals surface area contributed by atoms with Gasteiger partial charge in [-0.25, -0.2) is 4.79 Å². The molecule has 192 valence electrons. The van der Waals surface area contributed by atoms with Crippen molar-refractivity contribution >= 4 is 42.6 Å². The first-order chi connectivity index (χ1) is 16.1. The summed E-state index contributed by atoms with van der Waals surface area (Å²) in [6.07, 6.45) is 6.47. The second-order valence-electron chi connectivity index (χ2n) is 8.95. The van der Waals surface area contributed by atoms with Gasteiger partial charge in [-0.2, -0.15) is 0 Å². The monoisotopic (exact) mass is 535 g/mol. The zero-order chi connectivity index (χ0) is 25.1. The van der Waals surface area contributed by atoms with Crippen molar-refractivity contribution in [3.8, 4) is 0 Å². The maximum Gasteiger partial charge on any atom is 0.413 e. The fourth-order valence-corrected chi connectivity index (χ4v) is 6.55. The summed E-state index contributed by atoms with van der Waals surface area (Å²) in [7, 11) is -3.29. The van der Waals surface area contributed by atoms with Crippen LogP contribution in [0.15, 0.2) is 18.2 Å². The van der Waals surface area contributed by atoms with Crippen LogP contribution in [-0.4, -0.2) is 47.5 Å². The maximum atomic E-state index is 12.8. The zero-order valence-corrected chi connectivity index (χ0v) is 22.4. The first kappa shape index (κ1) is 29.0. The number of amides is 1. The van der Waals surface area contributed by atoms with E-state index in [2.05, 4.69) is 0 Å². The molecule has 0 spiro atoms. The molecule has 0 saturated heterocycles. The van der Waals surface area contributed by atoms with E-state index in [0.29, 0.717) is 35.0 Å². The van der Waals surface area contributed by atoms with Crippen molar-refractivity contribution in [3.05, 3.63) is 33.8 Å². The molecule has 1 fully saturated rings. The normalized spacial score (nSPS) is 17.0. The Morgan fingerprint density at radius 1 is 1.18 bits per heavy atom. The van der Waals surface area contributed by atoms with Gasteiger partial charge in [-0.3, -0.25) is 9.36 Å². The first-order valence-electron chi connectivity index (χ1n) is 12.0. The summed E-state index contributed by atoms with van der Waals surface area (Å²) < 4.78 is 22.9. The molecule has 1 N–H and O–H groups in total. The van der Waals surface area contributed by atoms with Gasteiger partial charge in [-0.1, -0.05) is 55.5 Å². The van der Waals surface area contributed by atoms with Crippen LogP contribution in [0.1, 0.15) is 76.8 Å². The predicted molar refractivity (Wildman–Crippen MR) is 135 cm³/mol. The van der Waals surface area contributed by atoms with Crippen molar-refractivity contribution in [3.63, 3.8) is 0 Å². The van der Waals surface area contributed by atoms with Crippen LogP contribution in [0.25, 0.3) is 0 Å². The molecule has 1 amide bonds. The minimum atomic E-state index is -3.29. The lowest BCUT2D eigenvalue weighted by molar-refractivity contribution is -0.152. The van der Waals surface area contributed by atoms with Crippen molar-refractivity contribution in [2.24, 2.45) is 5.92 Å². The van der Waals surface area contributed by atoms with E-state index in [1.54, 1.807) is 18.2 Å². The average Bonchev–Trinajstić information content (AvgIpc) is 2.78. The minimum absolute atomic E-state index is 0.132. The molecule has 7 nitrogen and oxygen atoms in total. The molecule has 10 heteroatoms. The molecule has 1 aromatic rings. The standard InChI is InChI=1S/C24H36Cl2NO6P/c1-3-8-23(28)32-17-33-24(29)27(18(2)20-11-12-21(25)22(26)15-20)13-7-14-34(30,31)16-19-9-5-4-6-10-19/h11-12,15,18-19H,3-10,13-14,16-17H2,1-2H3,(H,30,31). The van der Waals surface area contributed by atoms with Crippen LogP contribution in [0.5, 0.6) is 0 Å². The van der Waals surface area contributed by atoms with Gasteiger partial charge in [-0.15, -0.1) is 0 Å². The highest BCUT2D eigenvalue weighted by Crippen LogP contribution is 2.46. The number of ether oxygens (including phenoxy) is 2. The summed E-state index contributed by atoms with van der Waals surface area (Å²) in [4.78, 5) is 36.4. The number of esters is 1.